The van der Waals surface area contributed by atoms with E-state index in [2.05, 4.69) is 10.6 Å². The number of esters is 1. The van der Waals surface area contributed by atoms with Gasteiger partial charge in [0.2, 0.25) is 0 Å². The van der Waals surface area contributed by atoms with E-state index >= 15 is 0 Å². The van der Waals surface area contributed by atoms with Crippen LogP contribution < -0.4 is 15.5 Å². The maximum Gasteiger partial charge on any atom is 0.338 e. The fraction of sp³-hybridized carbons (Fsp3) is 0.143. The van der Waals surface area contributed by atoms with Crippen LogP contribution in [0.3, 0.4) is 0 Å². The number of carbonyl (C=O) groups is 4. The van der Waals surface area contributed by atoms with Gasteiger partial charge in [0.25, 0.3) is 17.7 Å². The molecule has 0 fully saturated rings. The van der Waals surface area contributed by atoms with Crippen molar-refractivity contribution in [2.45, 2.75) is 19.8 Å². The summed E-state index contributed by atoms with van der Waals surface area (Å²) in [6, 6.07) is 16.8. The largest absolute Gasteiger partial charge is 0.462 e. The first-order valence-corrected chi connectivity index (χ1v) is 13.0. The van der Waals surface area contributed by atoms with Crippen molar-refractivity contribution in [1.29, 1.82) is 0 Å². The van der Waals surface area contributed by atoms with Crippen LogP contribution in [-0.4, -0.2) is 30.3 Å². The number of amides is 3. The highest BCUT2D eigenvalue weighted by atomic mass is 35.5. The summed E-state index contributed by atoms with van der Waals surface area (Å²) in [5.74, 6) is -2.26. The molecular formula is C28H22Cl3N3O5. The molecule has 0 aliphatic carbocycles. The van der Waals surface area contributed by atoms with Gasteiger partial charge in [0.05, 0.1) is 28.6 Å². The fourth-order valence-corrected chi connectivity index (χ4v) is 4.29. The monoisotopic (exact) mass is 585 g/mol. The average Bonchev–Trinajstić information content (AvgIpc) is 3.13. The van der Waals surface area contributed by atoms with E-state index in [0.29, 0.717) is 39.2 Å². The lowest BCUT2D eigenvalue weighted by molar-refractivity contribution is -0.120. The maximum atomic E-state index is 13.1. The summed E-state index contributed by atoms with van der Waals surface area (Å²) in [5.41, 5.74) is 1.59. The van der Waals surface area contributed by atoms with Crippen molar-refractivity contribution >= 4 is 75.6 Å². The minimum absolute atomic E-state index is 0.116. The lowest BCUT2D eigenvalue weighted by atomic mass is 10.2. The molecule has 3 amide bonds. The predicted octanol–water partition coefficient (Wildman–Crippen LogP) is 6.64. The molecule has 0 aromatic heterocycles. The highest BCUT2D eigenvalue weighted by molar-refractivity contribution is 6.53. The second kappa shape index (κ2) is 12.3. The lowest BCUT2D eigenvalue weighted by Gasteiger charge is -2.15. The Hall–Kier alpha value is -3.85. The van der Waals surface area contributed by atoms with E-state index in [0.717, 1.165) is 17.7 Å². The van der Waals surface area contributed by atoms with Crippen LogP contribution in [0.5, 0.6) is 0 Å². The SMILES string of the molecule is CCCCOC(=O)c1ccc(N2C(=O)C(Cl)=C(Nc3ccc(C(=O)Nc4ccc(Cl)cc4Cl)cc3)C2=O)cc1. The Labute approximate surface area is 239 Å². The first kappa shape index (κ1) is 28.2. The molecule has 3 aromatic carbocycles. The van der Waals surface area contributed by atoms with Crippen molar-refractivity contribution in [3.63, 3.8) is 0 Å². The first-order chi connectivity index (χ1) is 18.7. The Kier molecular flexibility index (Phi) is 8.91. The van der Waals surface area contributed by atoms with Gasteiger partial charge >= 0.3 is 5.97 Å². The highest BCUT2D eigenvalue weighted by Crippen LogP contribution is 2.31. The van der Waals surface area contributed by atoms with Crippen LogP contribution in [0.1, 0.15) is 40.5 Å². The van der Waals surface area contributed by atoms with Crippen LogP contribution in [0.4, 0.5) is 17.1 Å². The van der Waals surface area contributed by atoms with Gasteiger partial charge in [-0.1, -0.05) is 48.1 Å². The number of nitrogens with one attached hydrogen (secondary N) is 2. The molecule has 0 saturated heterocycles. The average molecular weight is 587 g/mol. The number of carbonyl (C=O) groups excluding carboxylic acids is 4. The molecule has 1 aliphatic heterocycles. The Morgan fingerprint density at radius 3 is 2.18 bits per heavy atom. The summed E-state index contributed by atoms with van der Waals surface area (Å²) < 4.78 is 5.18. The zero-order chi connectivity index (χ0) is 28.1. The fourth-order valence-electron chi connectivity index (χ4n) is 3.62. The van der Waals surface area contributed by atoms with Gasteiger partial charge in [-0.2, -0.15) is 0 Å². The number of benzene rings is 3. The third-order valence-corrected chi connectivity index (χ3v) is 6.61. The zero-order valence-corrected chi connectivity index (χ0v) is 22.9. The van der Waals surface area contributed by atoms with E-state index < -0.39 is 23.7 Å². The Bertz CT molecular complexity index is 1470. The Balaban J connectivity index is 1.42. The lowest BCUT2D eigenvalue weighted by Crippen LogP contribution is -2.32. The number of unbranched alkanes of at least 4 members (excludes halogenated alkanes) is 1. The first-order valence-electron chi connectivity index (χ1n) is 11.9. The molecule has 39 heavy (non-hydrogen) atoms. The van der Waals surface area contributed by atoms with Crippen LogP contribution in [0.25, 0.3) is 0 Å². The third kappa shape index (κ3) is 6.42. The van der Waals surface area contributed by atoms with E-state index in [4.69, 9.17) is 39.5 Å². The van der Waals surface area contributed by atoms with Gasteiger partial charge in [-0.05, 0) is 73.2 Å². The second-order valence-corrected chi connectivity index (χ2v) is 9.67. The smallest absolute Gasteiger partial charge is 0.338 e. The van der Waals surface area contributed by atoms with Crippen LogP contribution in [0.15, 0.2) is 77.5 Å². The predicted molar refractivity (Wildman–Crippen MR) is 151 cm³/mol. The van der Waals surface area contributed by atoms with E-state index in [-0.39, 0.29) is 16.4 Å². The summed E-state index contributed by atoms with van der Waals surface area (Å²) in [6.07, 6.45) is 1.66. The molecule has 0 saturated carbocycles. The van der Waals surface area contributed by atoms with Crippen molar-refractivity contribution in [3.8, 4) is 0 Å². The van der Waals surface area contributed by atoms with E-state index in [1.54, 1.807) is 24.3 Å². The van der Waals surface area contributed by atoms with Gasteiger partial charge in [0, 0.05) is 16.3 Å². The number of hydrogen-bond donors (Lipinski definition) is 2. The van der Waals surface area contributed by atoms with Gasteiger partial charge in [0.1, 0.15) is 10.7 Å². The zero-order valence-electron chi connectivity index (χ0n) is 20.6. The van der Waals surface area contributed by atoms with E-state index in [1.807, 2.05) is 6.92 Å². The molecular weight excluding hydrogens is 565 g/mol. The van der Waals surface area contributed by atoms with E-state index in [9.17, 15) is 19.2 Å². The molecule has 200 valence electrons. The van der Waals surface area contributed by atoms with Crippen molar-refractivity contribution in [1.82, 2.24) is 0 Å². The number of hydrogen-bond acceptors (Lipinski definition) is 6. The van der Waals surface area contributed by atoms with Crippen molar-refractivity contribution in [2.24, 2.45) is 0 Å². The summed E-state index contributed by atoms with van der Waals surface area (Å²) in [5, 5.41) is 6.00. The van der Waals surface area contributed by atoms with Gasteiger partial charge in [-0.15, -0.1) is 0 Å². The molecule has 11 heteroatoms. The van der Waals surface area contributed by atoms with Gasteiger partial charge in [-0.3, -0.25) is 14.4 Å². The molecule has 0 radical (unpaired) electrons. The van der Waals surface area contributed by atoms with Gasteiger partial charge in [-0.25, -0.2) is 9.69 Å². The standard InChI is InChI=1S/C28H22Cl3N3O5/c1-2-3-14-39-28(38)17-6-11-20(12-7-17)34-26(36)23(31)24(27(34)37)32-19-9-4-16(5-10-19)25(35)33-22-13-8-18(29)15-21(22)30/h4-13,15,32H,2-3,14H2,1H3,(H,33,35). The number of rotatable bonds is 9. The van der Waals surface area contributed by atoms with Crippen molar-refractivity contribution in [2.75, 3.05) is 22.1 Å². The van der Waals surface area contributed by atoms with Gasteiger partial charge < -0.3 is 15.4 Å². The topological polar surface area (TPSA) is 105 Å². The quantitative estimate of drug-likeness (QED) is 0.165. The molecule has 0 spiro atoms. The molecule has 1 aliphatic rings. The summed E-state index contributed by atoms with van der Waals surface area (Å²) in [6.45, 7) is 2.31. The highest BCUT2D eigenvalue weighted by Gasteiger charge is 2.39. The number of nitrogens with zero attached hydrogens (tertiary/aromatic N) is 1. The minimum atomic E-state index is -0.710. The molecule has 1 heterocycles. The summed E-state index contributed by atoms with van der Waals surface area (Å²) in [4.78, 5) is 51.5. The molecule has 3 aromatic rings. The summed E-state index contributed by atoms with van der Waals surface area (Å²) in [7, 11) is 0. The maximum absolute atomic E-state index is 13.1. The number of anilines is 3. The molecule has 0 unspecified atom stereocenters. The molecule has 0 bridgehead atoms. The Morgan fingerprint density at radius 1 is 0.872 bits per heavy atom. The van der Waals surface area contributed by atoms with Crippen LogP contribution in [0, 0.1) is 0 Å². The Morgan fingerprint density at radius 2 is 1.54 bits per heavy atom. The van der Waals surface area contributed by atoms with Crippen LogP contribution >= 0.6 is 34.8 Å². The molecule has 4 rings (SSSR count). The normalized spacial score (nSPS) is 13.1. The van der Waals surface area contributed by atoms with Gasteiger partial charge in [0.15, 0.2) is 0 Å². The number of imide groups is 1. The molecule has 8 nitrogen and oxygen atoms in total. The van der Waals surface area contributed by atoms with Crippen molar-refractivity contribution < 1.29 is 23.9 Å². The number of halogens is 3. The summed E-state index contributed by atoms with van der Waals surface area (Å²) >= 11 is 18.2. The van der Waals surface area contributed by atoms with E-state index in [1.165, 1.54) is 42.5 Å². The second-order valence-electron chi connectivity index (χ2n) is 8.45. The molecule has 0 atom stereocenters. The van der Waals surface area contributed by atoms with Crippen LogP contribution in [-0.2, 0) is 14.3 Å². The third-order valence-electron chi connectivity index (χ3n) is 5.72. The van der Waals surface area contributed by atoms with Crippen LogP contribution in [0.2, 0.25) is 10.0 Å². The molecule has 2 N–H and O–H groups in total. The minimum Gasteiger partial charge on any atom is -0.462 e. The van der Waals surface area contributed by atoms with Crippen molar-refractivity contribution in [3.05, 3.63) is 98.6 Å². The number of ether oxygens (including phenoxy) is 1.